The Kier molecular flexibility index (Phi) is 4.36. The molecule has 0 bridgehead atoms. The molecule has 0 atom stereocenters. The van der Waals surface area contributed by atoms with Gasteiger partial charge in [0, 0.05) is 42.6 Å². The number of aromatic nitrogens is 2. The van der Waals surface area contributed by atoms with Gasteiger partial charge in [-0.15, -0.1) is 0 Å². The first kappa shape index (κ1) is 19.7. The minimum absolute atomic E-state index is 0.0532. The van der Waals surface area contributed by atoms with Crippen LogP contribution in [0.5, 0.6) is 0 Å². The number of hydrogen-bond donors (Lipinski definition) is 2. The Bertz CT molecular complexity index is 1330. The fourth-order valence-electron chi connectivity index (χ4n) is 4.94. The molecule has 0 spiro atoms. The van der Waals surface area contributed by atoms with Crippen molar-refractivity contribution in [1.29, 1.82) is 0 Å². The van der Waals surface area contributed by atoms with Crippen LogP contribution in [0.15, 0.2) is 77.6 Å². The van der Waals surface area contributed by atoms with Crippen molar-refractivity contribution in [2.75, 3.05) is 0 Å². The summed E-state index contributed by atoms with van der Waals surface area (Å²) in [6.45, 7) is 1.86. The first-order chi connectivity index (χ1) is 14.8. The standard InChI is InChI=1S/C26H25N3O2/c1-25(31)15-26(27,16-25)19-10-8-18(9-11-19)24-20(17-6-4-3-5-7-17)14-22-21(28-24)12-13-23(30)29(22)2/h3-14,31H,15-16,27H2,1-2H3/p+1. The zero-order valence-electron chi connectivity index (χ0n) is 17.8. The van der Waals surface area contributed by atoms with E-state index in [4.69, 9.17) is 4.98 Å². The van der Waals surface area contributed by atoms with Crippen molar-refractivity contribution >= 4 is 11.0 Å². The molecular weight excluding hydrogens is 386 g/mol. The van der Waals surface area contributed by atoms with Crippen molar-refractivity contribution in [2.24, 2.45) is 7.05 Å². The molecule has 0 unspecified atom stereocenters. The predicted molar refractivity (Wildman–Crippen MR) is 122 cm³/mol. The molecule has 0 saturated heterocycles. The molecular formula is C26H26N3O2+. The number of quaternary nitrogens is 1. The Labute approximate surface area is 180 Å². The van der Waals surface area contributed by atoms with Gasteiger partial charge in [0.1, 0.15) is 5.54 Å². The molecule has 1 aliphatic rings. The molecule has 2 aromatic carbocycles. The van der Waals surface area contributed by atoms with Crippen LogP contribution in [-0.2, 0) is 12.6 Å². The van der Waals surface area contributed by atoms with E-state index in [0.717, 1.165) is 39.0 Å². The first-order valence-electron chi connectivity index (χ1n) is 10.5. The summed E-state index contributed by atoms with van der Waals surface area (Å²) in [5.41, 5.74) is 10.1. The van der Waals surface area contributed by atoms with Crippen LogP contribution >= 0.6 is 0 Å². The third-order valence-electron chi connectivity index (χ3n) is 6.40. The van der Waals surface area contributed by atoms with Crippen LogP contribution in [0.2, 0.25) is 0 Å². The number of pyridine rings is 2. The zero-order chi connectivity index (χ0) is 21.8. The Hall–Kier alpha value is -3.28. The van der Waals surface area contributed by atoms with Gasteiger partial charge in [0.2, 0.25) is 0 Å². The molecule has 5 rings (SSSR count). The highest BCUT2D eigenvalue weighted by molar-refractivity contribution is 5.90. The van der Waals surface area contributed by atoms with E-state index in [-0.39, 0.29) is 11.1 Å². The second-order valence-corrected chi connectivity index (χ2v) is 9.09. The molecule has 2 aromatic heterocycles. The van der Waals surface area contributed by atoms with Gasteiger partial charge >= 0.3 is 0 Å². The number of rotatable bonds is 3. The van der Waals surface area contributed by atoms with Crippen molar-refractivity contribution in [3.05, 3.63) is 88.7 Å². The summed E-state index contributed by atoms with van der Waals surface area (Å²) < 4.78 is 1.64. The molecule has 0 amide bonds. The lowest BCUT2D eigenvalue weighted by molar-refractivity contribution is -0.528. The van der Waals surface area contributed by atoms with E-state index in [9.17, 15) is 9.90 Å². The fourth-order valence-corrected chi connectivity index (χ4v) is 4.94. The lowest BCUT2D eigenvalue weighted by Crippen LogP contribution is -2.79. The molecule has 5 nitrogen and oxygen atoms in total. The summed E-state index contributed by atoms with van der Waals surface area (Å²) >= 11 is 0. The molecule has 1 aliphatic carbocycles. The number of nitrogens with zero attached hydrogens (tertiary/aromatic N) is 2. The van der Waals surface area contributed by atoms with Crippen LogP contribution in [0, 0.1) is 0 Å². The highest BCUT2D eigenvalue weighted by Gasteiger charge is 2.53. The van der Waals surface area contributed by atoms with E-state index in [1.807, 2.05) is 31.2 Å². The van der Waals surface area contributed by atoms with Gasteiger partial charge in [0.15, 0.2) is 0 Å². The minimum Gasteiger partial charge on any atom is -0.390 e. The second-order valence-electron chi connectivity index (χ2n) is 9.09. The summed E-state index contributed by atoms with van der Waals surface area (Å²) in [5.74, 6) is 0. The van der Waals surface area contributed by atoms with Crippen molar-refractivity contribution in [3.63, 3.8) is 0 Å². The largest absolute Gasteiger partial charge is 0.390 e. The molecule has 1 saturated carbocycles. The SMILES string of the molecule is Cn1c(=O)ccc2nc(-c3ccc(C4([NH3+])CC(C)(O)C4)cc3)c(-c3ccccc3)cc21. The van der Waals surface area contributed by atoms with Crippen LogP contribution in [-0.4, -0.2) is 20.3 Å². The van der Waals surface area contributed by atoms with Gasteiger partial charge in [0.05, 0.1) is 22.3 Å². The van der Waals surface area contributed by atoms with Gasteiger partial charge in [-0.1, -0.05) is 54.6 Å². The summed E-state index contributed by atoms with van der Waals surface area (Å²) in [4.78, 5) is 17.1. The number of fused-ring (bicyclic) bond motifs is 1. The zero-order valence-corrected chi connectivity index (χ0v) is 17.8. The number of hydrogen-bond acceptors (Lipinski definition) is 3. The van der Waals surface area contributed by atoms with Gasteiger partial charge in [-0.05, 0) is 24.6 Å². The smallest absolute Gasteiger partial charge is 0.250 e. The minimum atomic E-state index is -0.628. The maximum absolute atomic E-state index is 12.2. The Morgan fingerprint density at radius 3 is 2.29 bits per heavy atom. The molecule has 4 N–H and O–H groups in total. The number of aliphatic hydroxyl groups is 1. The van der Waals surface area contributed by atoms with Gasteiger partial charge in [-0.3, -0.25) is 4.79 Å². The molecule has 0 radical (unpaired) electrons. The molecule has 1 fully saturated rings. The maximum Gasteiger partial charge on any atom is 0.250 e. The molecule has 5 heteroatoms. The average molecular weight is 413 g/mol. The van der Waals surface area contributed by atoms with E-state index in [1.54, 1.807) is 23.7 Å². The van der Waals surface area contributed by atoms with Gasteiger partial charge in [0.25, 0.3) is 5.56 Å². The topological polar surface area (TPSA) is 82.8 Å². The molecule has 156 valence electrons. The normalized spacial score (nSPS) is 23.0. The lowest BCUT2D eigenvalue weighted by Gasteiger charge is -2.46. The summed E-state index contributed by atoms with van der Waals surface area (Å²) in [5, 5.41) is 10.2. The Morgan fingerprint density at radius 2 is 1.65 bits per heavy atom. The van der Waals surface area contributed by atoms with Gasteiger partial charge in [-0.2, -0.15) is 0 Å². The third kappa shape index (κ3) is 3.36. The van der Waals surface area contributed by atoms with E-state index < -0.39 is 5.60 Å². The number of aryl methyl sites for hydroxylation is 1. The predicted octanol–water partition coefficient (Wildman–Crippen LogP) is 3.25. The van der Waals surface area contributed by atoms with E-state index >= 15 is 0 Å². The van der Waals surface area contributed by atoms with Crippen LogP contribution in [0.3, 0.4) is 0 Å². The summed E-state index contributed by atoms with van der Waals surface area (Å²) in [7, 11) is 1.77. The number of benzene rings is 2. The Balaban J connectivity index is 1.65. The molecule has 31 heavy (non-hydrogen) atoms. The Morgan fingerprint density at radius 1 is 0.968 bits per heavy atom. The van der Waals surface area contributed by atoms with Gasteiger partial charge in [-0.25, -0.2) is 4.98 Å². The highest BCUT2D eigenvalue weighted by atomic mass is 16.3. The lowest BCUT2D eigenvalue weighted by atomic mass is 9.63. The van der Waals surface area contributed by atoms with Crippen molar-refractivity contribution in [3.8, 4) is 22.4 Å². The van der Waals surface area contributed by atoms with E-state index in [0.29, 0.717) is 12.8 Å². The fraction of sp³-hybridized carbons (Fsp3) is 0.231. The maximum atomic E-state index is 12.2. The quantitative estimate of drug-likeness (QED) is 0.542. The van der Waals surface area contributed by atoms with Crippen molar-refractivity contribution < 1.29 is 10.8 Å². The first-order valence-corrected chi connectivity index (χ1v) is 10.5. The van der Waals surface area contributed by atoms with Crippen LogP contribution in [0.25, 0.3) is 33.4 Å². The molecule has 0 aliphatic heterocycles. The third-order valence-corrected chi connectivity index (χ3v) is 6.40. The van der Waals surface area contributed by atoms with E-state index in [2.05, 4.69) is 42.1 Å². The van der Waals surface area contributed by atoms with Crippen molar-refractivity contribution in [2.45, 2.75) is 30.9 Å². The average Bonchev–Trinajstić information content (AvgIpc) is 2.75. The van der Waals surface area contributed by atoms with E-state index in [1.165, 1.54) is 0 Å². The van der Waals surface area contributed by atoms with Crippen LogP contribution < -0.4 is 11.3 Å². The van der Waals surface area contributed by atoms with Crippen LogP contribution in [0.4, 0.5) is 0 Å². The molecule has 4 aromatic rings. The van der Waals surface area contributed by atoms with Crippen LogP contribution in [0.1, 0.15) is 25.3 Å². The second kappa shape index (κ2) is 6.87. The molecule has 2 heterocycles. The summed E-state index contributed by atoms with van der Waals surface area (Å²) in [6, 6.07) is 23.9. The van der Waals surface area contributed by atoms with Gasteiger partial charge < -0.3 is 15.4 Å². The monoisotopic (exact) mass is 412 g/mol. The highest BCUT2D eigenvalue weighted by Crippen LogP contribution is 2.45. The van der Waals surface area contributed by atoms with Crippen molar-refractivity contribution in [1.82, 2.24) is 9.55 Å². The summed E-state index contributed by atoms with van der Waals surface area (Å²) in [6.07, 6.45) is 1.33.